The molecule has 1 unspecified atom stereocenters. The summed E-state index contributed by atoms with van der Waals surface area (Å²) in [6, 6.07) is 9.41. The number of rotatable bonds is 10. The zero-order valence-electron chi connectivity index (χ0n) is 12.7. The Labute approximate surface area is 118 Å². The van der Waals surface area contributed by atoms with Gasteiger partial charge in [0.2, 0.25) is 0 Å². The lowest BCUT2D eigenvalue weighted by molar-refractivity contribution is 0.130. The average Bonchev–Trinajstić information content (AvgIpc) is 2.47. The van der Waals surface area contributed by atoms with Gasteiger partial charge in [-0.05, 0) is 30.4 Å². The van der Waals surface area contributed by atoms with E-state index in [-0.39, 0.29) is 0 Å². The molecular weight excluding hydrogens is 234 g/mol. The molecule has 1 rings (SSSR count). The lowest BCUT2D eigenvalue weighted by Crippen LogP contribution is -2.25. The van der Waals surface area contributed by atoms with E-state index in [1.165, 1.54) is 17.5 Å². The van der Waals surface area contributed by atoms with E-state index in [0.29, 0.717) is 6.04 Å². The topological polar surface area (TPSA) is 21.3 Å². The number of aryl methyl sites for hydroxylation is 1. The summed E-state index contributed by atoms with van der Waals surface area (Å²) in [4.78, 5) is 0. The van der Waals surface area contributed by atoms with E-state index >= 15 is 0 Å². The Morgan fingerprint density at radius 1 is 1.05 bits per heavy atom. The second-order valence-corrected chi connectivity index (χ2v) is 4.98. The molecule has 0 heterocycles. The van der Waals surface area contributed by atoms with Gasteiger partial charge in [0.15, 0.2) is 0 Å². The van der Waals surface area contributed by atoms with Crippen molar-refractivity contribution >= 4 is 0 Å². The lowest BCUT2D eigenvalue weighted by Gasteiger charge is -2.18. The van der Waals surface area contributed by atoms with Gasteiger partial charge in [0, 0.05) is 19.2 Å². The number of hydrogen-bond donors (Lipinski definition) is 1. The molecule has 0 fully saturated rings. The van der Waals surface area contributed by atoms with Gasteiger partial charge in [-0.15, -0.1) is 0 Å². The Bertz CT molecular complexity index is 321. The number of ether oxygens (including phenoxy) is 1. The van der Waals surface area contributed by atoms with E-state index in [1.54, 1.807) is 0 Å². The van der Waals surface area contributed by atoms with Crippen molar-refractivity contribution in [1.82, 2.24) is 5.32 Å². The van der Waals surface area contributed by atoms with Crippen molar-refractivity contribution in [1.29, 1.82) is 0 Å². The molecule has 2 nitrogen and oxygen atoms in total. The Hall–Kier alpha value is -0.860. The third-order valence-electron chi connectivity index (χ3n) is 3.48. The Morgan fingerprint density at radius 2 is 1.79 bits per heavy atom. The van der Waals surface area contributed by atoms with Crippen LogP contribution in [0.4, 0.5) is 0 Å². The zero-order chi connectivity index (χ0) is 13.9. The summed E-state index contributed by atoms with van der Waals surface area (Å²) in [7, 11) is 0. The van der Waals surface area contributed by atoms with Crippen molar-refractivity contribution in [2.75, 3.05) is 19.8 Å². The molecule has 1 aromatic carbocycles. The van der Waals surface area contributed by atoms with Crippen molar-refractivity contribution in [3.8, 4) is 0 Å². The van der Waals surface area contributed by atoms with Crippen LogP contribution in [0.15, 0.2) is 24.3 Å². The van der Waals surface area contributed by atoms with Crippen LogP contribution in [0.3, 0.4) is 0 Å². The molecule has 0 saturated carbocycles. The molecule has 0 aromatic heterocycles. The van der Waals surface area contributed by atoms with Gasteiger partial charge in [-0.1, -0.05) is 51.5 Å². The molecule has 0 aliphatic carbocycles. The number of benzene rings is 1. The van der Waals surface area contributed by atoms with E-state index < -0.39 is 0 Å². The van der Waals surface area contributed by atoms with Gasteiger partial charge < -0.3 is 10.1 Å². The minimum atomic E-state index is 0.445. The van der Waals surface area contributed by atoms with E-state index in [1.807, 2.05) is 0 Å². The minimum absolute atomic E-state index is 0.445. The van der Waals surface area contributed by atoms with Crippen LogP contribution in [0.1, 0.15) is 57.2 Å². The van der Waals surface area contributed by atoms with Crippen LogP contribution in [0.5, 0.6) is 0 Å². The van der Waals surface area contributed by atoms with Crippen LogP contribution in [-0.2, 0) is 11.2 Å². The maximum absolute atomic E-state index is 5.58. The normalized spacial score (nSPS) is 12.6. The highest BCUT2D eigenvalue weighted by Gasteiger charge is 2.07. The van der Waals surface area contributed by atoms with Crippen molar-refractivity contribution in [3.63, 3.8) is 0 Å². The molecule has 0 amide bonds. The molecule has 0 bridgehead atoms. The number of nitrogens with one attached hydrogen (secondary N) is 1. The lowest BCUT2D eigenvalue weighted by atomic mass is 10.0. The van der Waals surface area contributed by atoms with Gasteiger partial charge in [0.05, 0.1) is 6.61 Å². The van der Waals surface area contributed by atoms with Gasteiger partial charge in [-0.2, -0.15) is 0 Å². The van der Waals surface area contributed by atoms with Gasteiger partial charge in [-0.25, -0.2) is 0 Å². The smallest absolute Gasteiger partial charge is 0.0591 e. The summed E-state index contributed by atoms with van der Waals surface area (Å²) in [5.74, 6) is 0. The predicted molar refractivity (Wildman–Crippen MR) is 82.6 cm³/mol. The van der Waals surface area contributed by atoms with Crippen molar-refractivity contribution in [2.24, 2.45) is 0 Å². The Balaban J connectivity index is 2.31. The summed E-state index contributed by atoms with van der Waals surface area (Å²) in [6.07, 6.45) is 4.58. The standard InChI is InChI=1S/C17H29NO/c1-4-7-13-19-14-12-18-17(6-3)16-10-8-15(5-2)9-11-16/h8-11,17-18H,4-7,12-14H2,1-3H3. The molecule has 0 aliphatic rings. The third kappa shape index (κ3) is 6.22. The van der Waals surface area contributed by atoms with E-state index in [0.717, 1.165) is 39.0 Å². The van der Waals surface area contributed by atoms with Crippen LogP contribution in [-0.4, -0.2) is 19.8 Å². The molecule has 19 heavy (non-hydrogen) atoms. The summed E-state index contributed by atoms with van der Waals surface area (Å²) in [5, 5.41) is 3.58. The van der Waals surface area contributed by atoms with Gasteiger partial charge in [0.25, 0.3) is 0 Å². The second kappa shape index (κ2) is 9.99. The van der Waals surface area contributed by atoms with Gasteiger partial charge in [0.1, 0.15) is 0 Å². The Kier molecular flexibility index (Phi) is 8.52. The van der Waals surface area contributed by atoms with E-state index in [9.17, 15) is 0 Å². The predicted octanol–water partition coefficient (Wildman–Crippen LogP) is 4.11. The maximum atomic E-state index is 5.58. The van der Waals surface area contributed by atoms with Crippen LogP contribution >= 0.6 is 0 Å². The number of unbranched alkanes of at least 4 members (excludes halogenated alkanes) is 1. The molecule has 2 heteroatoms. The Morgan fingerprint density at radius 3 is 2.37 bits per heavy atom. The minimum Gasteiger partial charge on any atom is -0.380 e. The zero-order valence-corrected chi connectivity index (χ0v) is 12.7. The first kappa shape index (κ1) is 16.2. The SMILES string of the molecule is CCCCOCCNC(CC)c1ccc(CC)cc1. The molecule has 0 radical (unpaired) electrons. The van der Waals surface area contributed by atoms with Crippen LogP contribution in [0.2, 0.25) is 0 Å². The van der Waals surface area contributed by atoms with Crippen LogP contribution in [0.25, 0.3) is 0 Å². The fourth-order valence-corrected chi connectivity index (χ4v) is 2.14. The largest absolute Gasteiger partial charge is 0.380 e. The molecule has 1 atom stereocenters. The second-order valence-electron chi connectivity index (χ2n) is 4.98. The fraction of sp³-hybridized carbons (Fsp3) is 0.647. The highest BCUT2D eigenvalue weighted by molar-refractivity contribution is 5.24. The fourth-order valence-electron chi connectivity index (χ4n) is 2.14. The summed E-state index contributed by atoms with van der Waals surface area (Å²) < 4.78 is 5.58. The molecular formula is C17H29NO. The van der Waals surface area contributed by atoms with Gasteiger partial charge in [-0.3, -0.25) is 0 Å². The highest BCUT2D eigenvalue weighted by Crippen LogP contribution is 2.17. The maximum Gasteiger partial charge on any atom is 0.0591 e. The first-order valence-electron chi connectivity index (χ1n) is 7.71. The molecule has 108 valence electrons. The van der Waals surface area contributed by atoms with E-state index in [2.05, 4.69) is 50.4 Å². The molecule has 1 N–H and O–H groups in total. The average molecular weight is 263 g/mol. The molecule has 0 aliphatic heterocycles. The van der Waals surface area contributed by atoms with Gasteiger partial charge >= 0.3 is 0 Å². The first-order chi connectivity index (χ1) is 9.31. The van der Waals surface area contributed by atoms with Crippen molar-refractivity contribution < 1.29 is 4.74 Å². The monoisotopic (exact) mass is 263 g/mol. The molecule has 0 saturated heterocycles. The van der Waals surface area contributed by atoms with Crippen molar-refractivity contribution in [2.45, 2.75) is 52.5 Å². The van der Waals surface area contributed by atoms with Crippen LogP contribution < -0.4 is 5.32 Å². The molecule has 0 spiro atoms. The quantitative estimate of drug-likeness (QED) is 0.642. The van der Waals surface area contributed by atoms with Crippen LogP contribution in [0, 0.1) is 0 Å². The first-order valence-corrected chi connectivity index (χ1v) is 7.71. The summed E-state index contributed by atoms with van der Waals surface area (Å²) in [5.41, 5.74) is 2.79. The number of hydrogen-bond acceptors (Lipinski definition) is 2. The third-order valence-corrected chi connectivity index (χ3v) is 3.48. The molecule has 1 aromatic rings. The van der Waals surface area contributed by atoms with E-state index in [4.69, 9.17) is 4.74 Å². The summed E-state index contributed by atoms with van der Waals surface area (Å²) >= 11 is 0. The summed E-state index contributed by atoms with van der Waals surface area (Å²) in [6.45, 7) is 9.23. The highest BCUT2D eigenvalue weighted by atomic mass is 16.5. The van der Waals surface area contributed by atoms with Crippen molar-refractivity contribution in [3.05, 3.63) is 35.4 Å².